The molecule has 0 unspecified atom stereocenters. The van der Waals surface area contributed by atoms with Crippen molar-refractivity contribution in [1.82, 2.24) is 9.88 Å². The van der Waals surface area contributed by atoms with E-state index in [2.05, 4.69) is 9.88 Å². The Morgan fingerprint density at radius 1 is 1.62 bits per heavy atom. The smallest absolute Gasteiger partial charge is 0.0929 e. The Balaban J connectivity index is 2.24. The molecular formula is C9H13N3S. The van der Waals surface area contributed by atoms with E-state index in [1.807, 2.05) is 13.8 Å². The predicted molar refractivity (Wildman–Crippen MR) is 54.4 cm³/mol. The summed E-state index contributed by atoms with van der Waals surface area (Å²) < 4.78 is 0. The zero-order chi connectivity index (χ0) is 9.42. The van der Waals surface area contributed by atoms with E-state index in [-0.39, 0.29) is 0 Å². The summed E-state index contributed by atoms with van der Waals surface area (Å²) in [5.74, 6) is 0.649. The molecule has 1 aromatic heterocycles. The van der Waals surface area contributed by atoms with Gasteiger partial charge in [-0.25, -0.2) is 4.98 Å². The van der Waals surface area contributed by atoms with Gasteiger partial charge in [0.1, 0.15) is 0 Å². The van der Waals surface area contributed by atoms with Crippen molar-refractivity contribution in [3.8, 4) is 0 Å². The number of amidine groups is 1. The fourth-order valence-corrected chi connectivity index (χ4v) is 2.55. The van der Waals surface area contributed by atoms with Crippen LogP contribution in [0.4, 0.5) is 0 Å². The molecule has 70 valence electrons. The highest BCUT2D eigenvalue weighted by Crippen LogP contribution is 2.24. The van der Waals surface area contributed by atoms with Crippen molar-refractivity contribution in [3.05, 3.63) is 15.6 Å². The third-order valence-electron chi connectivity index (χ3n) is 2.31. The fraction of sp³-hybridized carbons (Fsp3) is 0.556. The van der Waals surface area contributed by atoms with Gasteiger partial charge < -0.3 is 4.90 Å². The lowest BCUT2D eigenvalue weighted by atomic mass is 10.2. The van der Waals surface area contributed by atoms with Gasteiger partial charge in [0.15, 0.2) is 0 Å². The molecule has 0 fully saturated rings. The third-order valence-corrected chi connectivity index (χ3v) is 3.38. The zero-order valence-electron chi connectivity index (χ0n) is 7.92. The van der Waals surface area contributed by atoms with E-state index in [9.17, 15) is 0 Å². The molecule has 0 radical (unpaired) electrons. The van der Waals surface area contributed by atoms with Gasteiger partial charge in [-0.1, -0.05) is 0 Å². The van der Waals surface area contributed by atoms with Crippen LogP contribution in [-0.2, 0) is 13.0 Å². The monoisotopic (exact) mass is 195 g/mol. The maximum atomic E-state index is 7.54. The van der Waals surface area contributed by atoms with Gasteiger partial charge in [-0.2, -0.15) is 0 Å². The van der Waals surface area contributed by atoms with E-state index in [1.54, 1.807) is 11.3 Å². The Morgan fingerprint density at radius 3 is 3.08 bits per heavy atom. The second-order valence-electron chi connectivity index (χ2n) is 3.36. The number of thiazole rings is 1. The molecule has 0 aliphatic carbocycles. The Kier molecular flexibility index (Phi) is 2.07. The van der Waals surface area contributed by atoms with Crippen molar-refractivity contribution in [2.24, 2.45) is 0 Å². The molecule has 4 heteroatoms. The number of fused-ring (bicyclic) bond motifs is 1. The fourth-order valence-electron chi connectivity index (χ4n) is 1.61. The van der Waals surface area contributed by atoms with Crippen LogP contribution in [0.25, 0.3) is 0 Å². The number of aryl methyl sites for hydroxylation is 1. The Hall–Kier alpha value is -0.900. The van der Waals surface area contributed by atoms with Gasteiger partial charge in [0.25, 0.3) is 0 Å². The molecule has 0 aromatic carbocycles. The van der Waals surface area contributed by atoms with E-state index in [0.29, 0.717) is 5.84 Å². The van der Waals surface area contributed by atoms with Gasteiger partial charge in [0.2, 0.25) is 0 Å². The summed E-state index contributed by atoms with van der Waals surface area (Å²) in [6, 6.07) is 0. The molecule has 2 heterocycles. The maximum absolute atomic E-state index is 7.54. The molecule has 0 saturated carbocycles. The van der Waals surface area contributed by atoms with Gasteiger partial charge in [0.05, 0.1) is 23.1 Å². The lowest BCUT2D eigenvalue weighted by molar-refractivity contribution is 0.386. The molecule has 2 rings (SSSR count). The molecule has 1 aromatic rings. The van der Waals surface area contributed by atoms with E-state index in [4.69, 9.17) is 5.41 Å². The van der Waals surface area contributed by atoms with Gasteiger partial charge >= 0.3 is 0 Å². The molecule has 0 bridgehead atoms. The van der Waals surface area contributed by atoms with E-state index in [1.165, 1.54) is 10.6 Å². The van der Waals surface area contributed by atoms with Crippen molar-refractivity contribution < 1.29 is 0 Å². The number of nitrogens with one attached hydrogen (secondary N) is 1. The van der Waals surface area contributed by atoms with Crippen LogP contribution in [0.5, 0.6) is 0 Å². The second-order valence-corrected chi connectivity index (χ2v) is 4.65. The summed E-state index contributed by atoms with van der Waals surface area (Å²) in [5, 5.41) is 8.69. The molecule has 1 aliphatic rings. The summed E-state index contributed by atoms with van der Waals surface area (Å²) in [7, 11) is 0. The SMILES string of the molecule is CC(=N)N1CCc2sc(C)nc2C1. The highest BCUT2D eigenvalue weighted by atomic mass is 32.1. The number of hydrogen-bond acceptors (Lipinski definition) is 3. The second kappa shape index (κ2) is 3.10. The van der Waals surface area contributed by atoms with Gasteiger partial charge in [-0.05, 0) is 13.8 Å². The Morgan fingerprint density at radius 2 is 2.38 bits per heavy atom. The van der Waals surface area contributed by atoms with Crippen molar-refractivity contribution in [2.45, 2.75) is 26.8 Å². The first-order valence-corrected chi connectivity index (χ1v) is 5.24. The van der Waals surface area contributed by atoms with Gasteiger partial charge in [-0.15, -0.1) is 11.3 Å². The minimum Gasteiger partial charge on any atom is -0.354 e. The molecule has 0 spiro atoms. The minimum absolute atomic E-state index is 0.649. The van der Waals surface area contributed by atoms with Crippen LogP contribution < -0.4 is 0 Å². The number of nitrogens with zero attached hydrogens (tertiary/aromatic N) is 2. The average molecular weight is 195 g/mol. The maximum Gasteiger partial charge on any atom is 0.0929 e. The van der Waals surface area contributed by atoms with Crippen LogP contribution in [0.2, 0.25) is 0 Å². The van der Waals surface area contributed by atoms with Crippen LogP contribution >= 0.6 is 11.3 Å². The average Bonchev–Trinajstić information content (AvgIpc) is 2.42. The number of aromatic nitrogens is 1. The predicted octanol–water partition coefficient (Wildman–Crippen LogP) is 1.81. The van der Waals surface area contributed by atoms with E-state index >= 15 is 0 Å². The largest absolute Gasteiger partial charge is 0.354 e. The first-order valence-electron chi connectivity index (χ1n) is 4.42. The summed E-state index contributed by atoms with van der Waals surface area (Å²) in [6.07, 6.45) is 1.05. The van der Waals surface area contributed by atoms with Crippen LogP contribution in [0, 0.1) is 12.3 Å². The van der Waals surface area contributed by atoms with E-state index < -0.39 is 0 Å². The molecule has 13 heavy (non-hydrogen) atoms. The summed E-state index contributed by atoms with van der Waals surface area (Å²) in [4.78, 5) is 7.95. The number of rotatable bonds is 0. The standard InChI is InChI=1S/C9H13N3S/c1-6(10)12-4-3-9-8(5-12)11-7(2)13-9/h10H,3-5H2,1-2H3. The molecule has 1 N–H and O–H groups in total. The highest BCUT2D eigenvalue weighted by molar-refractivity contribution is 7.11. The lowest BCUT2D eigenvalue weighted by Crippen LogP contribution is -2.33. The first-order chi connectivity index (χ1) is 6.16. The van der Waals surface area contributed by atoms with Crippen molar-refractivity contribution in [1.29, 1.82) is 5.41 Å². The molecular weight excluding hydrogens is 182 g/mol. The highest BCUT2D eigenvalue weighted by Gasteiger charge is 2.19. The first kappa shape index (κ1) is 8.69. The zero-order valence-corrected chi connectivity index (χ0v) is 8.74. The van der Waals surface area contributed by atoms with Crippen LogP contribution in [0.1, 0.15) is 22.5 Å². The van der Waals surface area contributed by atoms with Crippen molar-refractivity contribution in [3.63, 3.8) is 0 Å². The minimum atomic E-state index is 0.649. The van der Waals surface area contributed by atoms with E-state index in [0.717, 1.165) is 24.5 Å². The van der Waals surface area contributed by atoms with Crippen LogP contribution in [0.3, 0.4) is 0 Å². The topological polar surface area (TPSA) is 40.0 Å². The van der Waals surface area contributed by atoms with Crippen LogP contribution in [0.15, 0.2) is 0 Å². The Labute approximate surface area is 81.9 Å². The molecule has 0 amide bonds. The third kappa shape index (κ3) is 1.58. The summed E-state index contributed by atoms with van der Waals surface area (Å²) >= 11 is 1.80. The van der Waals surface area contributed by atoms with Gasteiger partial charge in [0, 0.05) is 17.8 Å². The quantitative estimate of drug-likeness (QED) is 0.506. The van der Waals surface area contributed by atoms with Crippen molar-refractivity contribution in [2.75, 3.05) is 6.54 Å². The van der Waals surface area contributed by atoms with Crippen LogP contribution in [-0.4, -0.2) is 22.3 Å². The lowest BCUT2D eigenvalue weighted by Gasteiger charge is -2.26. The van der Waals surface area contributed by atoms with Crippen molar-refractivity contribution >= 4 is 17.2 Å². The summed E-state index contributed by atoms with van der Waals surface area (Å²) in [5.41, 5.74) is 1.18. The molecule has 1 aliphatic heterocycles. The molecule has 0 saturated heterocycles. The normalized spacial score (nSPS) is 15.7. The molecule has 3 nitrogen and oxygen atoms in total. The van der Waals surface area contributed by atoms with Gasteiger partial charge in [-0.3, -0.25) is 5.41 Å². The molecule has 0 atom stereocenters. The number of hydrogen-bond donors (Lipinski definition) is 1. The Bertz CT molecular complexity index is 343. The summed E-state index contributed by atoms with van der Waals surface area (Å²) in [6.45, 7) is 5.69.